The van der Waals surface area contributed by atoms with Crippen molar-refractivity contribution in [3.8, 4) is 0 Å². The molecule has 27 heavy (non-hydrogen) atoms. The molecule has 1 aromatic heterocycles. The first-order valence-corrected chi connectivity index (χ1v) is 10.3. The molecule has 1 fully saturated rings. The lowest BCUT2D eigenvalue weighted by Crippen LogP contribution is -2.44. The van der Waals surface area contributed by atoms with Gasteiger partial charge in [0.25, 0.3) is 0 Å². The summed E-state index contributed by atoms with van der Waals surface area (Å²) in [7, 11) is -3.32. The summed E-state index contributed by atoms with van der Waals surface area (Å²) in [5.41, 5.74) is 2.25. The van der Waals surface area contributed by atoms with Crippen molar-refractivity contribution >= 4 is 43.3 Å². The van der Waals surface area contributed by atoms with E-state index in [-0.39, 0.29) is 34.1 Å². The molecule has 2 heterocycles. The van der Waals surface area contributed by atoms with E-state index in [0.717, 1.165) is 6.42 Å². The number of anilines is 1. The number of benzene rings is 1. The molecular weight excluding hydrogens is 447 g/mol. The molecule has 3 rings (SSSR count). The van der Waals surface area contributed by atoms with Gasteiger partial charge in [-0.15, -0.1) is 0 Å². The summed E-state index contributed by atoms with van der Waals surface area (Å²) in [5, 5.41) is 19.5. The maximum atomic E-state index is 13.3. The quantitative estimate of drug-likeness (QED) is 0.320. The Kier molecular flexibility index (Phi) is 6.04. The second kappa shape index (κ2) is 8.29. The van der Waals surface area contributed by atoms with Crippen molar-refractivity contribution < 1.29 is 22.6 Å². The number of hydroxylamine groups is 1. The molecular formula is C14H16BrFN6O4S. The van der Waals surface area contributed by atoms with Gasteiger partial charge in [-0.3, -0.25) is 10.7 Å². The van der Waals surface area contributed by atoms with E-state index in [1.807, 2.05) is 5.48 Å². The van der Waals surface area contributed by atoms with Gasteiger partial charge in [-0.05, 0) is 50.9 Å². The van der Waals surface area contributed by atoms with Gasteiger partial charge in [-0.25, -0.2) is 26.7 Å². The van der Waals surface area contributed by atoms with Gasteiger partial charge >= 0.3 is 0 Å². The molecule has 1 aromatic carbocycles. The van der Waals surface area contributed by atoms with Crippen LogP contribution in [0.5, 0.6) is 0 Å². The van der Waals surface area contributed by atoms with Gasteiger partial charge in [0.1, 0.15) is 5.82 Å². The summed E-state index contributed by atoms with van der Waals surface area (Å²) in [5.74, 6) is -0.581. The maximum Gasteiger partial charge on any atom is 0.215 e. The van der Waals surface area contributed by atoms with Gasteiger partial charge in [0.2, 0.25) is 15.8 Å². The second-order valence-electron chi connectivity index (χ2n) is 5.63. The minimum atomic E-state index is -3.32. The van der Waals surface area contributed by atoms with E-state index in [0.29, 0.717) is 18.8 Å². The van der Waals surface area contributed by atoms with Crippen LogP contribution in [0.4, 0.5) is 15.9 Å². The van der Waals surface area contributed by atoms with Crippen molar-refractivity contribution in [2.75, 3.05) is 30.7 Å². The SMILES string of the molecule is O=S(=O)(CCNc1nonc1C(=Nc1ccc(F)c(Br)c1)NO)N1CCC1. The summed E-state index contributed by atoms with van der Waals surface area (Å²) in [6.45, 7) is 1.15. The molecule has 0 spiro atoms. The lowest BCUT2D eigenvalue weighted by molar-refractivity contribution is 0.234. The van der Waals surface area contributed by atoms with Crippen molar-refractivity contribution in [2.45, 2.75) is 6.42 Å². The van der Waals surface area contributed by atoms with Gasteiger partial charge in [-0.1, -0.05) is 0 Å². The number of rotatable bonds is 7. The number of amidine groups is 1. The third-order valence-electron chi connectivity index (χ3n) is 3.82. The molecule has 13 heteroatoms. The molecule has 146 valence electrons. The largest absolute Gasteiger partial charge is 0.364 e. The van der Waals surface area contributed by atoms with E-state index in [2.05, 4.69) is 41.2 Å². The van der Waals surface area contributed by atoms with Crippen molar-refractivity contribution in [1.29, 1.82) is 0 Å². The Morgan fingerprint density at radius 3 is 2.81 bits per heavy atom. The van der Waals surface area contributed by atoms with Crippen LogP contribution < -0.4 is 10.8 Å². The molecule has 0 aliphatic carbocycles. The van der Waals surface area contributed by atoms with E-state index in [4.69, 9.17) is 0 Å². The molecule has 1 aliphatic rings. The lowest BCUT2D eigenvalue weighted by atomic mass is 10.3. The smallest absolute Gasteiger partial charge is 0.215 e. The molecule has 0 bridgehead atoms. The van der Waals surface area contributed by atoms with Crippen LogP contribution in [0.3, 0.4) is 0 Å². The molecule has 0 saturated carbocycles. The van der Waals surface area contributed by atoms with Crippen molar-refractivity contribution in [3.05, 3.63) is 34.2 Å². The standard InChI is InChI=1S/C14H16BrFN6O4S/c15-10-8-9(2-3-11(10)16)18-14(19-23)12-13(21-26-20-12)17-4-7-27(24,25)22-5-1-6-22/h2-3,8,23H,1,4-7H2,(H,17,21)(H,18,19). The van der Waals surface area contributed by atoms with Gasteiger partial charge in [0, 0.05) is 19.6 Å². The van der Waals surface area contributed by atoms with E-state index in [9.17, 15) is 18.0 Å². The number of nitrogens with one attached hydrogen (secondary N) is 2. The fourth-order valence-corrected chi connectivity index (χ4v) is 4.07. The lowest BCUT2D eigenvalue weighted by Gasteiger charge is -2.29. The van der Waals surface area contributed by atoms with Crippen LogP contribution in [0.1, 0.15) is 12.1 Å². The van der Waals surface area contributed by atoms with Crippen LogP contribution in [0.2, 0.25) is 0 Å². The predicted molar refractivity (Wildman–Crippen MR) is 98.0 cm³/mol. The van der Waals surface area contributed by atoms with E-state index < -0.39 is 15.8 Å². The zero-order chi connectivity index (χ0) is 19.4. The number of aliphatic imine (C=N–C) groups is 1. The highest BCUT2D eigenvalue weighted by molar-refractivity contribution is 9.10. The van der Waals surface area contributed by atoms with Crippen LogP contribution >= 0.6 is 15.9 Å². The van der Waals surface area contributed by atoms with Crippen LogP contribution in [0.15, 0.2) is 32.3 Å². The van der Waals surface area contributed by atoms with Crippen molar-refractivity contribution in [1.82, 2.24) is 20.1 Å². The Morgan fingerprint density at radius 2 is 2.19 bits per heavy atom. The average molecular weight is 463 g/mol. The number of nitrogens with zero attached hydrogens (tertiary/aromatic N) is 4. The monoisotopic (exact) mass is 462 g/mol. The first-order valence-electron chi connectivity index (χ1n) is 7.89. The number of halogens is 2. The van der Waals surface area contributed by atoms with E-state index >= 15 is 0 Å². The molecule has 10 nitrogen and oxygen atoms in total. The molecule has 0 atom stereocenters. The average Bonchev–Trinajstić information content (AvgIpc) is 3.02. The Labute approximate surface area is 162 Å². The minimum absolute atomic E-state index is 0.0410. The summed E-state index contributed by atoms with van der Waals surface area (Å²) in [6.07, 6.45) is 0.867. The minimum Gasteiger partial charge on any atom is -0.364 e. The van der Waals surface area contributed by atoms with E-state index in [1.165, 1.54) is 22.5 Å². The Balaban J connectivity index is 1.72. The van der Waals surface area contributed by atoms with Gasteiger partial charge in [-0.2, -0.15) is 0 Å². The van der Waals surface area contributed by atoms with Crippen LogP contribution in [-0.4, -0.2) is 59.5 Å². The Bertz CT molecular complexity index is 947. The number of hydrogen-bond donors (Lipinski definition) is 3. The molecule has 1 aliphatic heterocycles. The fraction of sp³-hybridized carbons (Fsp3) is 0.357. The predicted octanol–water partition coefficient (Wildman–Crippen LogP) is 1.48. The maximum absolute atomic E-state index is 13.3. The van der Waals surface area contributed by atoms with Crippen LogP contribution in [0, 0.1) is 5.82 Å². The summed E-state index contributed by atoms with van der Waals surface area (Å²) in [4.78, 5) is 4.12. The first kappa shape index (κ1) is 19.7. The summed E-state index contributed by atoms with van der Waals surface area (Å²) >= 11 is 3.05. The highest BCUT2D eigenvalue weighted by Gasteiger charge is 2.27. The number of sulfonamides is 1. The third kappa shape index (κ3) is 4.61. The summed E-state index contributed by atoms with van der Waals surface area (Å²) < 4.78 is 43.6. The van der Waals surface area contributed by atoms with E-state index in [1.54, 1.807) is 0 Å². The zero-order valence-corrected chi connectivity index (χ0v) is 16.3. The number of hydrogen-bond acceptors (Lipinski definition) is 8. The highest BCUT2D eigenvalue weighted by Crippen LogP contribution is 2.23. The second-order valence-corrected chi connectivity index (χ2v) is 8.57. The van der Waals surface area contributed by atoms with Gasteiger partial charge < -0.3 is 5.32 Å². The molecule has 0 unspecified atom stereocenters. The first-order chi connectivity index (χ1) is 12.9. The normalized spacial score (nSPS) is 15.4. The fourth-order valence-electron chi connectivity index (χ4n) is 2.27. The van der Waals surface area contributed by atoms with Gasteiger partial charge in [0.05, 0.1) is 15.9 Å². The molecule has 1 saturated heterocycles. The highest BCUT2D eigenvalue weighted by atomic mass is 79.9. The topological polar surface area (TPSA) is 133 Å². The molecule has 0 radical (unpaired) electrons. The molecule has 0 amide bonds. The molecule has 2 aromatic rings. The third-order valence-corrected chi connectivity index (χ3v) is 6.30. The summed E-state index contributed by atoms with van der Waals surface area (Å²) in [6, 6.07) is 4.02. The van der Waals surface area contributed by atoms with Gasteiger partial charge in [0.15, 0.2) is 11.5 Å². The Hall–Kier alpha value is -2.09. The van der Waals surface area contributed by atoms with Crippen LogP contribution in [0.25, 0.3) is 0 Å². The number of aromatic nitrogens is 2. The van der Waals surface area contributed by atoms with Crippen molar-refractivity contribution in [3.63, 3.8) is 0 Å². The Morgan fingerprint density at radius 1 is 1.41 bits per heavy atom. The van der Waals surface area contributed by atoms with Crippen molar-refractivity contribution in [2.24, 2.45) is 4.99 Å². The van der Waals surface area contributed by atoms with Crippen LogP contribution in [-0.2, 0) is 10.0 Å². The zero-order valence-electron chi connectivity index (χ0n) is 13.9. The molecule has 3 N–H and O–H groups in total.